The van der Waals surface area contributed by atoms with E-state index in [-0.39, 0.29) is 0 Å². The Bertz CT molecular complexity index is 3100. The van der Waals surface area contributed by atoms with Crippen molar-refractivity contribution in [2.45, 2.75) is 0 Å². The Kier molecular flexibility index (Phi) is 8.01. The topological polar surface area (TPSA) is 8.17 Å². The molecule has 0 amide bonds. The molecule has 0 saturated heterocycles. The molecule has 11 rings (SSSR count). The fourth-order valence-electron chi connectivity index (χ4n) is 8.87. The van der Waals surface area contributed by atoms with Gasteiger partial charge in [-0.25, -0.2) is 0 Å². The second-order valence-corrected chi connectivity index (χ2v) is 15.1. The van der Waals surface area contributed by atoms with Crippen molar-refractivity contribution in [2.24, 2.45) is 0 Å². The van der Waals surface area contributed by atoms with Gasteiger partial charge in [-0.15, -0.1) is 0 Å². The first kappa shape index (κ1) is 33.6. The maximum Gasteiger partial charge on any atom is 0.0541 e. The molecular formula is C56H38N2. The molecule has 0 N–H and O–H groups in total. The maximum absolute atomic E-state index is 4.57. The van der Waals surface area contributed by atoms with Crippen molar-refractivity contribution in [2.75, 3.05) is 4.90 Å². The number of para-hydroxylation sites is 2. The van der Waals surface area contributed by atoms with Crippen molar-refractivity contribution >= 4 is 44.4 Å². The Morgan fingerprint density at radius 2 is 0.845 bits per heavy atom. The van der Waals surface area contributed by atoms with Crippen LogP contribution in [-0.2, 0) is 0 Å². The average molecular weight is 739 g/mol. The minimum Gasteiger partial charge on any atom is -0.310 e. The number of fused-ring (bicyclic) bond motifs is 6. The molecule has 58 heavy (non-hydrogen) atoms. The zero-order valence-electron chi connectivity index (χ0n) is 31.9. The highest BCUT2D eigenvalue weighted by atomic mass is 15.1. The third-order valence-electron chi connectivity index (χ3n) is 11.7. The highest BCUT2D eigenvalue weighted by Gasteiger charge is 2.24. The predicted octanol–water partition coefficient (Wildman–Crippen LogP) is 15.3. The van der Waals surface area contributed by atoms with Crippen molar-refractivity contribution in [3.8, 4) is 50.2 Å². The Balaban J connectivity index is 1.06. The summed E-state index contributed by atoms with van der Waals surface area (Å²) < 4.78 is 2.37. The van der Waals surface area contributed by atoms with Crippen LogP contribution in [0.2, 0.25) is 0 Å². The standard InChI is InChI=1S/C56H38N2/c1-38-49-21-11-12-22-50(49)51-31-30-47(37-53(38)51)57(48-34-43(39-15-5-2-6-16-39)33-44(35-48)40-17-7-3-8-18-40)46-28-25-41(26-29-46)42-27-32-56-54(36-42)52-23-13-14-24-55(52)58(56)45-19-9-4-10-20-45/h2-37H,1H2. The van der Waals surface area contributed by atoms with Crippen LogP contribution in [0.25, 0.3) is 77.6 Å². The Hall–Kier alpha value is -7.68. The lowest BCUT2D eigenvalue weighted by Gasteiger charge is -2.28. The Morgan fingerprint density at radius 1 is 0.310 bits per heavy atom. The average Bonchev–Trinajstić information content (AvgIpc) is 3.78. The SMILES string of the molecule is C=C1c2ccccc2-c2ccc(N(c3ccc(-c4ccc5c(c4)c4ccccc4n5-c4ccccc4)cc3)c3cc(-c4ccccc4)cc(-c4ccccc4)c3)cc21. The monoisotopic (exact) mass is 738 g/mol. The second-order valence-electron chi connectivity index (χ2n) is 15.1. The van der Waals surface area contributed by atoms with E-state index in [0.717, 1.165) is 28.3 Å². The highest BCUT2D eigenvalue weighted by molar-refractivity contribution is 6.10. The van der Waals surface area contributed by atoms with E-state index in [1.54, 1.807) is 0 Å². The van der Waals surface area contributed by atoms with E-state index in [1.807, 2.05) is 0 Å². The first-order chi connectivity index (χ1) is 28.7. The minimum atomic E-state index is 1.06. The fourth-order valence-corrected chi connectivity index (χ4v) is 8.87. The van der Waals surface area contributed by atoms with E-state index in [9.17, 15) is 0 Å². The minimum absolute atomic E-state index is 1.06. The van der Waals surface area contributed by atoms with Gasteiger partial charge in [0, 0.05) is 33.5 Å². The van der Waals surface area contributed by atoms with Crippen LogP contribution < -0.4 is 4.90 Å². The molecule has 0 bridgehead atoms. The van der Waals surface area contributed by atoms with Crippen molar-refractivity contribution in [3.63, 3.8) is 0 Å². The molecule has 272 valence electrons. The normalized spacial score (nSPS) is 11.8. The van der Waals surface area contributed by atoms with E-state index < -0.39 is 0 Å². The molecule has 1 aromatic heterocycles. The number of hydrogen-bond acceptors (Lipinski definition) is 1. The second kappa shape index (κ2) is 13.8. The summed E-state index contributed by atoms with van der Waals surface area (Å²) in [5, 5.41) is 2.49. The third kappa shape index (κ3) is 5.66. The number of nitrogens with zero attached hydrogens (tertiary/aromatic N) is 2. The van der Waals surface area contributed by atoms with Crippen LogP contribution in [0.4, 0.5) is 17.1 Å². The van der Waals surface area contributed by atoms with Crippen LogP contribution in [-0.4, -0.2) is 4.57 Å². The van der Waals surface area contributed by atoms with Gasteiger partial charge in [0.1, 0.15) is 0 Å². The van der Waals surface area contributed by atoms with Crippen LogP contribution in [0.5, 0.6) is 0 Å². The molecule has 0 atom stereocenters. The smallest absolute Gasteiger partial charge is 0.0541 e. The van der Waals surface area contributed by atoms with E-state index in [2.05, 4.69) is 234 Å². The number of hydrogen-bond donors (Lipinski definition) is 0. The molecule has 0 spiro atoms. The molecule has 0 aliphatic heterocycles. The van der Waals surface area contributed by atoms with Crippen LogP contribution in [0, 0.1) is 0 Å². The van der Waals surface area contributed by atoms with Gasteiger partial charge < -0.3 is 9.47 Å². The summed E-state index contributed by atoms with van der Waals surface area (Å²) in [5.74, 6) is 0. The lowest BCUT2D eigenvalue weighted by Crippen LogP contribution is -2.10. The van der Waals surface area contributed by atoms with E-state index >= 15 is 0 Å². The van der Waals surface area contributed by atoms with Gasteiger partial charge in [-0.1, -0.05) is 152 Å². The molecule has 1 aliphatic carbocycles. The van der Waals surface area contributed by atoms with E-state index in [1.165, 1.54) is 77.4 Å². The molecule has 9 aromatic carbocycles. The summed E-state index contributed by atoms with van der Waals surface area (Å²) in [4.78, 5) is 2.40. The zero-order valence-corrected chi connectivity index (χ0v) is 31.9. The van der Waals surface area contributed by atoms with Crippen LogP contribution in [0.3, 0.4) is 0 Å². The lowest BCUT2D eigenvalue weighted by molar-refractivity contribution is 1.18. The molecule has 0 saturated carbocycles. The summed E-state index contributed by atoms with van der Waals surface area (Å²) in [6.45, 7) is 4.57. The van der Waals surface area contributed by atoms with Crippen LogP contribution in [0.15, 0.2) is 225 Å². The van der Waals surface area contributed by atoms with Crippen molar-refractivity contribution < 1.29 is 0 Å². The maximum atomic E-state index is 4.57. The molecule has 0 radical (unpaired) electrons. The summed E-state index contributed by atoms with van der Waals surface area (Å²) in [6, 6.07) is 79.1. The molecule has 10 aromatic rings. The molecule has 0 unspecified atom stereocenters. The van der Waals surface area contributed by atoms with Gasteiger partial charge in [-0.2, -0.15) is 0 Å². The quantitative estimate of drug-likeness (QED) is 0.158. The number of aromatic nitrogens is 1. The summed E-state index contributed by atoms with van der Waals surface area (Å²) >= 11 is 0. The van der Waals surface area contributed by atoms with Gasteiger partial charge in [0.25, 0.3) is 0 Å². The number of benzene rings is 9. The highest BCUT2D eigenvalue weighted by Crippen LogP contribution is 2.47. The predicted molar refractivity (Wildman–Crippen MR) is 245 cm³/mol. The summed E-state index contributed by atoms with van der Waals surface area (Å²) in [5.41, 5.74) is 19.8. The van der Waals surface area contributed by atoms with Gasteiger partial charge in [-0.3, -0.25) is 0 Å². The van der Waals surface area contributed by atoms with Crippen LogP contribution in [0.1, 0.15) is 11.1 Å². The Morgan fingerprint density at radius 3 is 1.55 bits per heavy atom. The molecule has 1 aliphatic rings. The molecule has 0 fully saturated rings. The van der Waals surface area contributed by atoms with Gasteiger partial charge in [-0.05, 0) is 134 Å². The van der Waals surface area contributed by atoms with Gasteiger partial charge >= 0.3 is 0 Å². The van der Waals surface area contributed by atoms with E-state index in [0.29, 0.717) is 0 Å². The van der Waals surface area contributed by atoms with Crippen molar-refractivity contribution in [3.05, 3.63) is 236 Å². The Labute approximate surface area is 338 Å². The van der Waals surface area contributed by atoms with Crippen molar-refractivity contribution in [1.82, 2.24) is 4.57 Å². The summed E-state index contributed by atoms with van der Waals surface area (Å²) in [7, 11) is 0. The lowest BCUT2D eigenvalue weighted by atomic mass is 9.96. The first-order valence-corrected chi connectivity index (χ1v) is 19.9. The summed E-state index contributed by atoms with van der Waals surface area (Å²) in [6.07, 6.45) is 0. The van der Waals surface area contributed by atoms with Crippen molar-refractivity contribution in [1.29, 1.82) is 0 Å². The first-order valence-electron chi connectivity index (χ1n) is 19.9. The molecule has 1 heterocycles. The van der Waals surface area contributed by atoms with Gasteiger partial charge in [0.05, 0.1) is 11.0 Å². The largest absolute Gasteiger partial charge is 0.310 e. The van der Waals surface area contributed by atoms with Gasteiger partial charge in [0.2, 0.25) is 0 Å². The number of anilines is 3. The molecule has 2 heteroatoms. The van der Waals surface area contributed by atoms with E-state index in [4.69, 9.17) is 0 Å². The van der Waals surface area contributed by atoms with Gasteiger partial charge in [0.15, 0.2) is 0 Å². The third-order valence-corrected chi connectivity index (χ3v) is 11.7. The van der Waals surface area contributed by atoms with Crippen LogP contribution >= 0.6 is 0 Å². The molecular weight excluding hydrogens is 701 g/mol. The fraction of sp³-hybridized carbons (Fsp3) is 0. The zero-order chi connectivity index (χ0) is 38.6. The number of rotatable bonds is 7. The molecule has 2 nitrogen and oxygen atoms in total.